The smallest absolute Gasteiger partial charge is 0.201 e. The number of halogens is 1. The predicted molar refractivity (Wildman–Crippen MR) is 158 cm³/mol. The quantitative estimate of drug-likeness (QED) is 0.300. The Kier molecular flexibility index (Phi) is 6.62. The highest BCUT2D eigenvalue weighted by molar-refractivity contribution is 8.36. The van der Waals surface area contributed by atoms with Crippen LogP contribution in [0.2, 0.25) is 0 Å². The van der Waals surface area contributed by atoms with Crippen LogP contribution in [0.5, 0.6) is 11.5 Å². The zero-order valence-electron chi connectivity index (χ0n) is 22.1. The summed E-state index contributed by atoms with van der Waals surface area (Å²) in [5, 5.41) is 0. The van der Waals surface area contributed by atoms with Crippen molar-refractivity contribution >= 4 is 38.6 Å². The van der Waals surface area contributed by atoms with Crippen LogP contribution in [0.4, 0.5) is 5.69 Å². The van der Waals surface area contributed by atoms with E-state index in [0.717, 1.165) is 55.4 Å². The van der Waals surface area contributed by atoms with Gasteiger partial charge in [-0.15, -0.1) is 11.6 Å². The zero-order chi connectivity index (χ0) is 25.6. The summed E-state index contributed by atoms with van der Waals surface area (Å²) >= 11 is 6.33. The molecule has 3 heterocycles. The van der Waals surface area contributed by atoms with E-state index in [1.165, 1.54) is 50.8 Å². The van der Waals surface area contributed by atoms with E-state index < -0.39 is 10.0 Å². The molecule has 4 aliphatic rings. The first-order valence-corrected chi connectivity index (χ1v) is 16.0. The van der Waals surface area contributed by atoms with Gasteiger partial charge in [-0.3, -0.25) is 0 Å². The highest BCUT2D eigenvalue weighted by atomic mass is 35.5. The van der Waals surface area contributed by atoms with E-state index in [0.29, 0.717) is 5.88 Å². The molecule has 0 bridgehead atoms. The van der Waals surface area contributed by atoms with E-state index in [9.17, 15) is 0 Å². The third-order valence-corrected chi connectivity index (χ3v) is 12.2. The lowest BCUT2D eigenvalue weighted by Crippen LogP contribution is -2.37. The van der Waals surface area contributed by atoms with Crippen molar-refractivity contribution in [2.45, 2.75) is 24.2 Å². The van der Waals surface area contributed by atoms with Crippen molar-refractivity contribution in [3.8, 4) is 11.5 Å². The number of benzene rings is 2. The normalized spacial score (nSPS) is 23.9. The molecular weight excluding hydrogens is 500 g/mol. The number of nitrogens with zero attached hydrogens (tertiary/aromatic N) is 2. The van der Waals surface area contributed by atoms with Gasteiger partial charge in [-0.25, -0.2) is 4.58 Å². The fourth-order valence-corrected chi connectivity index (χ4v) is 9.68. The fraction of sp³-hybridized carbons (Fsp3) is 0.387. The third-order valence-electron chi connectivity index (χ3n) is 8.25. The first-order valence-electron chi connectivity index (χ1n) is 13.3. The molecule has 0 spiro atoms. The Labute approximate surface area is 227 Å². The summed E-state index contributed by atoms with van der Waals surface area (Å²) < 4.78 is 14.4. The molecule has 194 valence electrons. The number of hydrogen-bond donors (Lipinski definition) is 0. The molecule has 37 heavy (non-hydrogen) atoms. The molecular formula is C31H36ClN2O2S+. The molecule has 2 aromatic carbocycles. The summed E-state index contributed by atoms with van der Waals surface area (Å²) in [5.74, 6) is 3.44. The Morgan fingerprint density at radius 1 is 1.00 bits per heavy atom. The summed E-state index contributed by atoms with van der Waals surface area (Å²) in [5.41, 5.74) is 7.50. The van der Waals surface area contributed by atoms with Crippen LogP contribution in [-0.2, 0) is 0 Å². The highest BCUT2D eigenvalue weighted by Crippen LogP contribution is 2.69. The molecule has 0 radical (unpaired) electrons. The van der Waals surface area contributed by atoms with Crippen LogP contribution < -0.4 is 14.4 Å². The minimum atomic E-state index is -1.32. The van der Waals surface area contributed by atoms with E-state index in [-0.39, 0.29) is 0 Å². The van der Waals surface area contributed by atoms with Crippen molar-refractivity contribution in [2.75, 3.05) is 63.2 Å². The zero-order valence-corrected chi connectivity index (χ0v) is 23.6. The minimum absolute atomic E-state index is 0.682. The van der Waals surface area contributed by atoms with Gasteiger partial charge in [0.25, 0.3) is 0 Å². The van der Waals surface area contributed by atoms with Crippen molar-refractivity contribution < 1.29 is 14.0 Å². The lowest BCUT2D eigenvalue weighted by atomic mass is 9.88. The van der Waals surface area contributed by atoms with Crippen molar-refractivity contribution in [1.29, 1.82) is 0 Å². The van der Waals surface area contributed by atoms with Gasteiger partial charge in [0, 0.05) is 52.2 Å². The van der Waals surface area contributed by atoms with Gasteiger partial charge in [0.2, 0.25) is 5.71 Å². The number of methoxy groups -OCH3 is 2. The van der Waals surface area contributed by atoms with Crippen molar-refractivity contribution in [1.82, 2.24) is 0 Å². The van der Waals surface area contributed by atoms with Crippen LogP contribution in [0.25, 0.3) is 5.57 Å². The largest absolute Gasteiger partial charge is 0.496 e. The lowest BCUT2D eigenvalue weighted by Gasteiger charge is -2.47. The summed E-state index contributed by atoms with van der Waals surface area (Å²) in [6, 6.07) is 13.2. The second-order valence-electron chi connectivity index (χ2n) is 10.3. The number of ether oxygens (including phenoxy) is 2. The fourth-order valence-electron chi connectivity index (χ4n) is 5.92. The van der Waals surface area contributed by atoms with E-state index >= 15 is 0 Å². The number of alkyl halides is 1. The lowest BCUT2D eigenvalue weighted by molar-refractivity contribution is -0.582. The maximum Gasteiger partial charge on any atom is 0.201 e. The highest BCUT2D eigenvalue weighted by Gasteiger charge is 2.40. The monoisotopic (exact) mass is 535 g/mol. The molecule has 1 aliphatic carbocycles. The molecule has 6 rings (SSSR count). The molecule has 2 fully saturated rings. The first-order chi connectivity index (χ1) is 18.1. The average molecular weight is 536 g/mol. The van der Waals surface area contributed by atoms with Gasteiger partial charge in [0.15, 0.2) is 0 Å². The summed E-state index contributed by atoms with van der Waals surface area (Å²) in [6.07, 6.45) is 13.2. The van der Waals surface area contributed by atoms with Gasteiger partial charge in [-0.2, -0.15) is 10.0 Å². The first kappa shape index (κ1) is 24.7. The van der Waals surface area contributed by atoms with Crippen LogP contribution in [0, 0.1) is 0 Å². The Hall–Kier alpha value is -2.63. The number of allylic oxidation sites excluding steroid dienone is 4. The number of fused-ring (bicyclic) bond motifs is 2. The van der Waals surface area contributed by atoms with E-state index in [4.69, 9.17) is 21.1 Å². The van der Waals surface area contributed by atoms with Crippen LogP contribution in [0.15, 0.2) is 70.0 Å². The number of anilines is 1. The third kappa shape index (κ3) is 4.02. The van der Waals surface area contributed by atoms with E-state index in [2.05, 4.69) is 52.2 Å². The summed E-state index contributed by atoms with van der Waals surface area (Å²) in [4.78, 5) is 5.41. The maximum absolute atomic E-state index is 6.33. The van der Waals surface area contributed by atoms with Crippen LogP contribution in [-0.4, -0.2) is 68.6 Å². The van der Waals surface area contributed by atoms with Gasteiger partial charge in [-0.1, -0.05) is 12.1 Å². The number of rotatable bonds is 7. The Balaban J connectivity index is 1.67. The molecule has 4 nitrogen and oxygen atoms in total. The molecule has 1 atom stereocenters. The molecule has 2 aromatic rings. The summed E-state index contributed by atoms with van der Waals surface area (Å²) in [6.45, 7) is 4.55. The van der Waals surface area contributed by atoms with Crippen molar-refractivity contribution in [3.63, 3.8) is 0 Å². The molecule has 0 N–H and O–H groups in total. The maximum atomic E-state index is 6.33. The van der Waals surface area contributed by atoms with Crippen LogP contribution in [0.1, 0.15) is 30.4 Å². The Morgan fingerprint density at radius 3 is 2.35 bits per heavy atom. The second kappa shape index (κ2) is 9.92. The van der Waals surface area contributed by atoms with Gasteiger partial charge in [0.05, 0.1) is 26.2 Å². The van der Waals surface area contributed by atoms with Crippen LogP contribution in [0.3, 0.4) is 0 Å². The van der Waals surface area contributed by atoms with Gasteiger partial charge in [-0.05, 0) is 66.3 Å². The molecule has 0 saturated carbocycles. The molecule has 3 aliphatic heterocycles. The SMILES string of the molecule is COc1cccc(OC)c1C1=C2C=CC(=[N+]3CCC3)C=C2S(C)(CCCCl)c2cc(N3CCC3)ccc21. The van der Waals surface area contributed by atoms with Crippen LogP contribution >= 0.6 is 21.6 Å². The molecule has 0 amide bonds. The second-order valence-corrected chi connectivity index (χ2v) is 14.1. The Morgan fingerprint density at radius 2 is 1.76 bits per heavy atom. The van der Waals surface area contributed by atoms with Gasteiger partial charge < -0.3 is 14.4 Å². The average Bonchev–Trinajstić information content (AvgIpc) is 2.86. The van der Waals surface area contributed by atoms with Crippen molar-refractivity contribution in [3.05, 3.63) is 76.2 Å². The van der Waals surface area contributed by atoms with Gasteiger partial charge in [0.1, 0.15) is 24.6 Å². The van der Waals surface area contributed by atoms with Gasteiger partial charge >= 0.3 is 0 Å². The minimum Gasteiger partial charge on any atom is -0.496 e. The predicted octanol–water partition coefficient (Wildman–Crippen LogP) is 6.46. The summed E-state index contributed by atoms with van der Waals surface area (Å²) in [7, 11) is 2.18. The van der Waals surface area contributed by atoms with Crippen molar-refractivity contribution in [2.24, 2.45) is 0 Å². The molecule has 0 aromatic heterocycles. The Bertz CT molecular complexity index is 1340. The molecule has 2 saturated heterocycles. The topological polar surface area (TPSA) is 24.7 Å². The molecule has 1 unspecified atom stereocenters. The molecule has 6 heteroatoms. The number of hydrogen-bond acceptors (Lipinski definition) is 3. The van der Waals surface area contributed by atoms with E-state index in [1.54, 1.807) is 14.2 Å². The van der Waals surface area contributed by atoms with E-state index in [1.807, 2.05) is 18.2 Å². The standard InChI is InChI=1S/C31H36ClN2O2S/c1-35-26-8-4-9-27(36-2)31(26)30-24-12-10-22(33-15-6-16-33)20-28(24)37(3,19-5-14-32)29-21-23(11-13-25(29)30)34-17-7-18-34/h4,8-13,20-21H,5-7,14-19H2,1-3H3/q+1.